The molecule has 3 rings (SSSR count). The second kappa shape index (κ2) is 5.67. The van der Waals surface area contributed by atoms with Gasteiger partial charge >= 0.3 is 0 Å². The molecule has 0 spiro atoms. The molecule has 0 bridgehead atoms. The summed E-state index contributed by atoms with van der Waals surface area (Å²) in [7, 11) is 1.99. The van der Waals surface area contributed by atoms with Crippen molar-refractivity contribution in [1.82, 2.24) is 9.55 Å². The molecular formula is C16H15BrN2O. The average molecular weight is 331 g/mol. The van der Waals surface area contributed by atoms with Gasteiger partial charge in [-0.1, -0.05) is 30.3 Å². The number of aromatic nitrogens is 2. The van der Waals surface area contributed by atoms with Crippen LogP contribution in [0.2, 0.25) is 0 Å². The van der Waals surface area contributed by atoms with Crippen LogP contribution in [0.5, 0.6) is 5.75 Å². The highest BCUT2D eigenvalue weighted by atomic mass is 79.9. The Balaban J connectivity index is 1.75. The van der Waals surface area contributed by atoms with Gasteiger partial charge in [-0.2, -0.15) is 0 Å². The molecule has 20 heavy (non-hydrogen) atoms. The van der Waals surface area contributed by atoms with Crippen molar-refractivity contribution >= 4 is 26.7 Å². The number of hydrogen-bond acceptors (Lipinski definition) is 2. The normalized spacial score (nSPS) is 10.9. The first-order chi connectivity index (χ1) is 9.75. The molecule has 0 atom stereocenters. The monoisotopic (exact) mass is 330 g/mol. The molecule has 1 heterocycles. The minimum absolute atomic E-state index is 0.613. The lowest BCUT2D eigenvalue weighted by atomic mass is 10.1. The third-order valence-electron chi connectivity index (χ3n) is 3.33. The van der Waals surface area contributed by atoms with Gasteiger partial charge in [-0.3, -0.25) is 0 Å². The molecule has 0 fully saturated rings. The highest BCUT2D eigenvalue weighted by Gasteiger charge is 2.06. The minimum atomic E-state index is 0.613. The Labute approximate surface area is 126 Å². The van der Waals surface area contributed by atoms with Crippen molar-refractivity contribution in [3.8, 4) is 5.75 Å². The lowest BCUT2D eigenvalue weighted by Gasteiger charge is -2.10. The number of ether oxygens (including phenoxy) is 1. The van der Waals surface area contributed by atoms with Crippen LogP contribution in [-0.4, -0.2) is 16.2 Å². The fourth-order valence-corrected chi connectivity index (χ4v) is 2.82. The van der Waals surface area contributed by atoms with Crippen LogP contribution in [0.25, 0.3) is 10.8 Å². The number of hydrogen-bond donors (Lipinski definition) is 0. The van der Waals surface area contributed by atoms with Crippen molar-refractivity contribution in [2.45, 2.75) is 6.42 Å². The molecule has 0 aliphatic heterocycles. The number of benzene rings is 2. The molecule has 0 unspecified atom stereocenters. The Morgan fingerprint density at radius 3 is 2.85 bits per heavy atom. The summed E-state index contributed by atoms with van der Waals surface area (Å²) < 4.78 is 8.90. The molecule has 0 N–H and O–H groups in total. The molecule has 102 valence electrons. The van der Waals surface area contributed by atoms with Gasteiger partial charge in [0.1, 0.15) is 11.6 Å². The van der Waals surface area contributed by atoms with Crippen molar-refractivity contribution in [1.29, 1.82) is 0 Å². The maximum Gasteiger partial charge on any atom is 0.134 e. The fraction of sp³-hybridized carbons (Fsp3) is 0.188. The quantitative estimate of drug-likeness (QED) is 0.724. The van der Waals surface area contributed by atoms with Crippen molar-refractivity contribution in [2.24, 2.45) is 7.05 Å². The van der Waals surface area contributed by atoms with Gasteiger partial charge in [-0.15, -0.1) is 0 Å². The maximum atomic E-state index is 5.87. The van der Waals surface area contributed by atoms with E-state index in [1.54, 1.807) is 6.20 Å². The third kappa shape index (κ3) is 2.56. The Kier molecular flexibility index (Phi) is 3.74. The Hall–Kier alpha value is -1.81. The number of aryl methyl sites for hydroxylation is 1. The maximum absolute atomic E-state index is 5.87. The molecule has 0 aliphatic carbocycles. The van der Waals surface area contributed by atoms with Crippen molar-refractivity contribution in [2.75, 3.05) is 6.61 Å². The predicted molar refractivity (Wildman–Crippen MR) is 84.1 cm³/mol. The van der Waals surface area contributed by atoms with E-state index in [4.69, 9.17) is 4.74 Å². The standard InChI is InChI=1S/C16H15BrN2O/c1-19-10-9-18-15(19)8-11-20-14-7-6-12-4-2-3-5-13(12)16(14)17/h2-7,9-10H,8,11H2,1H3. The molecule has 0 amide bonds. The molecule has 3 aromatic rings. The van der Waals surface area contributed by atoms with Crippen LogP contribution in [0, 0.1) is 0 Å². The predicted octanol–water partition coefficient (Wildman–Crippen LogP) is 3.96. The van der Waals surface area contributed by atoms with Crippen LogP contribution in [0.15, 0.2) is 53.3 Å². The van der Waals surface area contributed by atoms with Gasteiger partial charge in [0.15, 0.2) is 0 Å². The number of fused-ring (bicyclic) bond motifs is 1. The van der Waals surface area contributed by atoms with Crippen LogP contribution in [0.3, 0.4) is 0 Å². The lowest BCUT2D eigenvalue weighted by Crippen LogP contribution is -2.06. The average Bonchev–Trinajstić information content (AvgIpc) is 2.87. The first-order valence-corrected chi connectivity index (χ1v) is 7.31. The summed E-state index contributed by atoms with van der Waals surface area (Å²) in [6.45, 7) is 0.613. The van der Waals surface area contributed by atoms with Crippen LogP contribution >= 0.6 is 15.9 Å². The Morgan fingerprint density at radius 2 is 2.05 bits per heavy atom. The van der Waals surface area contributed by atoms with Crippen LogP contribution in [-0.2, 0) is 13.5 Å². The van der Waals surface area contributed by atoms with E-state index in [1.165, 1.54) is 10.8 Å². The molecule has 4 heteroatoms. The summed E-state index contributed by atoms with van der Waals surface area (Å²) >= 11 is 3.63. The third-order valence-corrected chi connectivity index (χ3v) is 4.15. The number of nitrogens with zero attached hydrogens (tertiary/aromatic N) is 2. The number of rotatable bonds is 4. The minimum Gasteiger partial charge on any atom is -0.492 e. The van der Waals surface area contributed by atoms with Crippen molar-refractivity contribution < 1.29 is 4.74 Å². The SMILES string of the molecule is Cn1ccnc1CCOc1ccc2ccccc2c1Br. The summed E-state index contributed by atoms with van der Waals surface area (Å²) in [5.74, 6) is 1.90. The van der Waals surface area contributed by atoms with Crippen LogP contribution in [0.4, 0.5) is 0 Å². The fourth-order valence-electron chi connectivity index (χ4n) is 2.21. The zero-order valence-corrected chi connectivity index (χ0v) is 12.8. The number of imidazole rings is 1. The molecule has 0 saturated heterocycles. The van der Waals surface area contributed by atoms with Gasteiger partial charge in [0.05, 0.1) is 11.1 Å². The van der Waals surface area contributed by atoms with Gasteiger partial charge < -0.3 is 9.30 Å². The van der Waals surface area contributed by atoms with Crippen LogP contribution < -0.4 is 4.74 Å². The summed E-state index contributed by atoms with van der Waals surface area (Å²) in [4.78, 5) is 4.29. The molecular weight excluding hydrogens is 316 g/mol. The molecule has 0 radical (unpaired) electrons. The molecule has 0 aliphatic rings. The second-order valence-corrected chi connectivity index (χ2v) is 5.44. The summed E-state index contributed by atoms with van der Waals surface area (Å²) in [5, 5.41) is 2.37. The van der Waals surface area contributed by atoms with Gasteiger partial charge in [0.25, 0.3) is 0 Å². The summed E-state index contributed by atoms with van der Waals surface area (Å²) in [6.07, 6.45) is 4.55. The van der Waals surface area contributed by atoms with Crippen molar-refractivity contribution in [3.05, 3.63) is 59.1 Å². The van der Waals surface area contributed by atoms with E-state index >= 15 is 0 Å². The summed E-state index contributed by atoms with van der Waals surface area (Å²) in [5.41, 5.74) is 0. The van der Waals surface area contributed by atoms with Gasteiger partial charge in [-0.25, -0.2) is 4.98 Å². The molecule has 1 aromatic heterocycles. The molecule has 2 aromatic carbocycles. The highest BCUT2D eigenvalue weighted by molar-refractivity contribution is 9.10. The van der Waals surface area contributed by atoms with Gasteiger partial charge in [0, 0.05) is 25.9 Å². The van der Waals surface area contributed by atoms with E-state index < -0.39 is 0 Å². The summed E-state index contributed by atoms with van der Waals surface area (Å²) in [6, 6.07) is 12.3. The zero-order valence-electron chi connectivity index (χ0n) is 11.2. The van der Waals surface area contributed by atoms with E-state index in [-0.39, 0.29) is 0 Å². The van der Waals surface area contributed by atoms with E-state index in [0.717, 1.165) is 22.5 Å². The van der Waals surface area contributed by atoms with Gasteiger partial charge in [-0.05, 0) is 32.8 Å². The van der Waals surface area contributed by atoms with Gasteiger partial charge in [0.2, 0.25) is 0 Å². The van der Waals surface area contributed by atoms with E-state index in [2.05, 4.69) is 39.1 Å². The van der Waals surface area contributed by atoms with E-state index in [9.17, 15) is 0 Å². The Morgan fingerprint density at radius 1 is 1.20 bits per heavy atom. The smallest absolute Gasteiger partial charge is 0.134 e. The van der Waals surface area contributed by atoms with Crippen molar-refractivity contribution in [3.63, 3.8) is 0 Å². The van der Waals surface area contributed by atoms with Crippen LogP contribution in [0.1, 0.15) is 5.82 Å². The zero-order chi connectivity index (χ0) is 13.9. The Bertz CT molecular complexity index is 736. The lowest BCUT2D eigenvalue weighted by molar-refractivity contribution is 0.316. The van der Waals surface area contributed by atoms with E-state index in [1.807, 2.05) is 36.0 Å². The number of halogens is 1. The molecule has 0 saturated carbocycles. The topological polar surface area (TPSA) is 27.1 Å². The highest BCUT2D eigenvalue weighted by Crippen LogP contribution is 2.33. The second-order valence-electron chi connectivity index (χ2n) is 4.65. The molecule has 3 nitrogen and oxygen atoms in total. The first-order valence-electron chi connectivity index (χ1n) is 6.52. The largest absolute Gasteiger partial charge is 0.492 e. The first kappa shape index (κ1) is 13.2. The van der Waals surface area contributed by atoms with E-state index in [0.29, 0.717) is 6.61 Å².